The van der Waals surface area contributed by atoms with Crippen LogP contribution in [0.2, 0.25) is 0 Å². The molecule has 0 spiro atoms. The van der Waals surface area contributed by atoms with Crippen LogP contribution in [-0.2, 0) is 32.2 Å². The molecule has 0 heterocycles. The minimum atomic E-state index is -1.31. The standard InChI is InChI=1S/C21H23NO5/c1-4-17-10-11-18(12-19(17)27-20(13-23)21(24)25-3)15(2)22-26-14-16-8-6-5-7-9-16/h5-13,20,22H,2,4,14H2,1,3H3. The molecule has 0 aliphatic rings. The van der Waals surface area contributed by atoms with Gasteiger partial charge in [-0.25, -0.2) is 4.79 Å². The van der Waals surface area contributed by atoms with Gasteiger partial charge in [0, 0.05) is 5.56 Å². The van der Waals surface area contributed by atoms with E-state index in [2.05, 4.69) is 16.8 Å². The van der Waals surface area contributed by atoms with E-state index in [0.717, 1.165) is 11.1 Å². The first-order valence-electron chi connectivity index (χ1n) is 8.52. The van der Waals surface area contributed by atoms with Gasteiger partial charge in [-0.15, -0.1) is 0 Å². The normalized spacial score (nSPS) is 11.3. The van der Waals surface area contributed by atoms with Gasteiger partial charge in [-0.1, -0.05) is 56.0 Å². The number of aryl methyl sites for hydroxylation is 1. The van der Waals surface area contributed by atoms with Crippen molar-refractivity contribution in [2.75, 3.05) is 7.11 Å². The molecule has 0 bridgehead atoms. The van der Waals surface area contributed by atoms with Crippen molar-refractivity contribution in [3.05, 3.63) is 71.8 Å². The SMILES string of the molecule is C=C(NOCc1ccccc1)c1ccc(CC)c(OC(C=O)C(=O)OC)c1. The highest BCUT2D eigenvalue weighted by atomic mass is 16.6. The van der Waals surface area contributed by atoms with E-state index in [1.165, 1.54) is 7.11 Å². The minimum absolute atomic E-state index is 0.381. The van der Waals surface area contributed by atoms with Crippen LogP contribution < -0.4 is 10.2 Å². The lowest BCUT2D eigenvalue weighted by molar-refractivity contribution is -0.150. The molecule has 0 radical (unpaired) electrons. The summed E-state index contributed by atoms with van der Waals surface area (Å²) >= 11 is 0. The molecule has 6 heteroatoms. The van der Waals surface area contributed by atoms with Crippen molar-refractivity contribution in [3.8, 4) is 5.75 Å². The first-order valence-corrected chi connectivity index (χ1v) is 8.52. The summed E-state index contributed by atoms with van der Waals surface area (Å²) in [6.07, 6.45) is -0.230. The summed E-state index contributed by atoms with van der Waals surface area (Å²) < 4.78 is 10.1. The number of hydrogen-bond acceptors (Lipinski definition) is 6. The molecule has 2 aromatic rings. The Labute approximate surface area is 158 Å². The van der Waals surface area contributed by atoms with Gasteiger partial charge in [0.05, 0.1) is 19.4 Å². The van der Waals surface area contributed by atoms with E-state index in [4.69, 9.17) is 9.57 Å². The molecule has 6 nitrogen and oxygen atoms in total. The Hall–Kier alpha value is -3.12. The van der Waals surface area contributed by atoms with Gasteiger partial charge in [-0.3, -0.25) is 15.1 Å². The van der Waals surface area contributed by atoms with Gasteiger partial charge in [-0.05, 0) is 23.6 Å². The molecule has 0 saturated heterocycles. The first kappa shape index (κ1) is 20.2. The molecule has 142 valence electrons. The summed E-state index contributed by atoms with van der Waals surface area (Å²) in [7, 11) is 1.20. The van der Waals surface area contributed by atoms with Gasteiger partial charge < -0.3 is 9.47 Å². The number of carbonyl (C=O) groups excluding carboxylic acids is 2. The van der Waals surface area contributed by atoms with Gasteiger partial charge in [0.15, 0.2) is 6.29 Å². The maximum atomic E-state index is 11.6. The highest BCUT2D eigenvalue weighted by Crippen LogP contribution is 2.25. The number of hydrogen-bond donors (Lipinski definition) is 1. The van der Waals surface area contributed by atoms with E-state index >= 15 is 0 Å². The Morgan fingerprint density at radius 2 is 1.96 bits per heavy atom. The summed E-state index contributed by atoms with van der Waals surface area (Å²) in [5.74, 6) is -0.330. The van der Waals surface area contributed by atoms with E-state index in [1.54, 1.807) is 6.07 Å². The Morgan fingerprint density at radius 1 is 1.22 bits per heavy atom. The third kappa shape index (κ3) is 5.69. The molecule has 0 aliphatic heterocycles. The van der Waals surface area contributed by atoms with Crippen LogP contribution >= 0.6 is 0 Å². The average Bonchev–Trinajstić information content (AvgIpc) is 2.71. The second-order valence-corrected chi connectivity index (χ2v) is 5.73. The second kappa shape index (κ2) is 10.1. The number of aldehydes is 1. The molecule has 0 aromatic heterocycles. The van der Waals surface area contributed by atoms with Crippen molar-refractivity contribution < 1.29 is 23.9 Å². The molecule has 1 atom stereocenters. The smallest absolute Gasteiger partial charge is 0.354 e. The topological polar surface area (TPSA) is 73.9 Å². The maximum Gasteiger partial charge on any atom is 0.354 e. The summed E-state index contributed by atoms with van der Waals surface area (Å²) in [5.41, 5.74) is 5.92. The number of nitrogens with one attached hydrogen (secondary N) is 1. The third-order valence-electron chi connectivity index (χ3n) is 3.88. The van der Waals surface area contributed by atoms with Crippen LogP contribution in [0.3, 0.4) is 0 Å². The largest absolute Gasteiger partial charge is 0.471 e. The van der Waals surface area contributed by atoms with Crippen LogP contribution in [-0.4, -0.2) is 25.5 Å². The summed E-state index contributed by atoms with van der Waals surface area (Å²) in [6, 6.07) is 15.1. The molecule has 2 aromatic carbocycles. The molecule has 1 N–H and O–H groups in total. The number of rotatable bonds is 10. The Balaban J connectivity index is 2.07. The van der Waals surface area contributed by atoms with Crippen LogP contribution in [0, 0.1) is 0 Å². The fraction of sp³-hybridized carbons (Fsp3) is 0.238. The molecular formula is C21H23NO5. The summed E-state index contributed by atoms with van der Waals surface area (Å²) in [4.78, 5) is 28.2. The van der Waals surface area contributed by atoms with E-state index in [9.17, 15) is 9.59 Å². The minimum Gasteiger partial charge on any atom is -0.471 e. The zero-order chi connectivity index (χ0) is 19.6. The van der Waals surface area contributed by atoms with Crippen molar-refractivity contribution >= 4 is 18.0 Å². The highest BCUT2D eigenvalue weighted by Gasteiger charge is 2.21. The molecule has 0 saturated carbocycles. The number of carbonyl (C=O) groups is 2. The number of benzene rings is 2. The number of ether oxygens (including phenoxy) is 2. The zero-order valence-electron chi connectivity index (χ0n) is 15.4. The van der Waals surface area contributed by atoms with Gasteiger partial charge in [0.25, 0.3) is 0 Å². The van der Waals surface area contributed by atoms with Gasteiger partial charge in [-0.2, -0.15) is 0 Å². The summed E-state index contributed by atoms with van der Waals surface area (Å²) in [6.45, 7) is 6.28. The fourth-order valence-corrected chi connectivity index (χ4v) is 2.37. The van der Waals surface area contributed by atoms with Crippen LogP contribution in [0.4, 0.5) is 0 Å². The molecule has 2 rings (SSSR count). The monoisotopic (exact) mass is 369 g/mol. The number of methoxy groups -OCH3 is 1. The Kier molecular flexibility index (Phi) is 7.58. The van der Waals surface area contributed by atoms with Crippen molar-refractivity contribution in [2.24, 2.45) is 0 Å². The van der Waals surface area contributed by atoms with Crippen molar-refractivity contribution in [1.29, 1.82) is 0 Å². The van der Waals surface area contributed by atoms with Crippen molar-refractivity contribution in [2.45, 2.75) is 26.1 Å². The predicted octanol–water partition coefficient (Wildman–Crippen LogP) is 3.06. The predicted molar refractivity (Wildman–Crippen MR) is 102 cm³/mol. The maximum absolute atomic E-state index is 11.6. The number of esters is 1. The molecule has 0 amide bonds. The Morgan fingerprint density at radius 3 is 2.59 bits per heavy atom. The van der Waals surface area contributed by atoms with E-state index < -0.39 is 12.1 Å². The quantitative estimate of drug-likeness (QED) is 0.300. The molecule has 27 heavy (non-hydrogen) atoms. The van der Waals surface area contributed by atoms with E-state index in [1.807, 2.05) is 49.4 Å². The Bertz CT molecular complexity index is 788. The lowest BCUT2D eigenvalue weighted by Crippen LogP contribution is -2.30. The first-order chi connectivity index (χ1) is 13.1. The number of hydroxylamine groups is 1. The van der Waals surface area contributed by atoms with Crippen molar-refractivity contribution in [1.82, 2.24) is 5.48 Å². The van der Waals surface area contributed by atoms with Crippen LogP contribution in [0.1, 0.15) is 23.6 Å². The highest BCUT2D eigenvalue weighted by molar-refractivity contribution is 5.91. The second-order valence-electron chi connectivity index (χ2n) is 5.73. The van der Waals surface area contributed by atoms with Gasteiger partial charge in [0.2, 0.25) is 6.10 Å². The van der Waals surface area contributed by atoms with Crippen LogP contribution in [0.15, 0.2) is 55.1 Å². The lowest BCUT2D eigenvalue weighted by atomic mass is 10.1. The molecule has 0 fully saturated rings. The average molecular weight is 369 g/mol. The van der Waals surface area contributed by atoms with Gasteiger partial charge >= 0.3 is 5.97 Å². The van der Waals surface area contributed by atoms with Crippen LogP contribution in [0.25, 0.3) is 5.70 Å². The zero-order valence-corrected chi connectivity index (χ0v) is 15.4. The van der Waals surface area contributed by atoms with Crippen LogP contribution in [0.5, 0.6) is 5.75 Å². The molecular weight excluding hydrogens is 346 g/mol. The summed E-state index contributed by atoms with van der Waals surface area (Å²) in [5, 5.41) is 0. The third-order valence-corrected chi connectivity index (χ3v) is 3.88. The fourth-order valence-electron chi connectivity index (χ4n) is 2.37. The van der Waals surface area contributed by atoms with E-state index in [-0.39, 0.29) is 0 Å². The molecule has 1 unspecified atom stereocenters. The molecule has 0 aliphatic carbocycles. The lowest BCUT2D eigenvalue weighted by Gasteiger charge is -2.17. The van der Waals surface area contributed by atoms with Gasteiger partial charge in [0.1, 0.15) is 5.75 Å². The van der Waals surface area contributed by atoms with E-state index in [0.29, 0.717) is 36.3 Å². The van der Waals surface area contributed by atoms with Crippen molar-refractivity contribution in [3.63, 3.8) is 0 Å².